The Hall–Kier alpha value is -2.61. The molecule has 110 valence electrons. The highest BCUT2D eigenvalue weighted by Gasteiger charge is 2.45. The molecule has 3 atom stereocenters. The largest absolute Gasteiger partial charge is 0.481 e. The van der Waals surface area contributed by atoms with Gasteiger partial charge in [-0.2, -0.15) is 0 Å². The highest BCUT2D eigenvalue weighted by Crippen LogP contribution is 2.49. The molecule has 3 unspecified atom stereocenters. The van der Waals surface area contributed by atoms with E-state index >= 15 is 0 Å². The van der Waals surface area contributed by atoms with Crippen LogP contribution < -0.4 is 0 Å². The number of carboxylic acid groups (broad SMARTS) is 1. The Labute approximate surface area is 130 Å². The van der Waals surface area contributed by atoms with Gasteiger partial charge in [-0.25, -0.2) is 0 Å². The summed E-state index contributed by atoms with van der Waals surface area (Å²) in [6, 6.07) is 0. The second kappa shape index (κ2) is 5.64. The van der Waals surface area contributed by atoms with Crippen LogP contribution in [0, 0.1) is 17.3 Å². The lowest BCUT2D eigenvalue weighted by Gasteiger charge is -2.41. The Morgan fingerprint density at radius 2 is 1.95 bits per heavy atom. The zero-order valence-corrected chi connectivity index (χ0v) is 12.2. The first kappa shape index (κ1) is 14.3. The molecule has 0 fully saturated rings. The van der Waals surface area contributed by atoms with E-state index in [2.05, 4.69) is 30.9 Å². The van der Waals surface area contributed by atoms with Crippen LogP contribution in [0.3, 0.4) is 0 Å². The lowest BCUT2D eigenvalue weighted by Crippen LogP contribution is -2.40. The monoisotopic (exact) mass is 290 g/mol. The smallest absolute Gasteiger partial charge is 0.311 e. The molecule has 1 N–H and O–H groups in total. The molecule has 0 aromatic rings. The van der Waals surface area contributed by atoms with Crippen molar-refractivity contribution in [2.45, 2.75) is 0 Å². The molecule has 0 radical (unpaired) electrons. The van der Waals surface area contributed by atoms with Crippen molar-refractivity contribution in [1.82, 2.24) is 0 Å². The molecule has 3 aliphatic rings. The number of carbonyl (C=O) groups is 1. The highest BCUT2D eigenvalue weighted by atomic mass is 16.4. The summed E-state index contributed by atoms with van der Waals surface area (Å²) in [4.78, 5) is 11.8. The number of hydrogen-bond donors (Lipinski definition) is 1. The van der Waals surface area contributed by atoms with Crippen LogP contribution in [0.1, 0.15) is 0 Å². The van der Waals surface area contributed by atoms with Crippen molar-refractivity contribution >= 4 is 5.97 Å². The molecule has 0 amide bonds. The van der Waals surface area contributed by atoms with Gasteiger partial charge in [-0.3, -0.25) is 4.79 Å². The van der Waals surface area contributed by atoms with Crippen LogP contribution in [-0.2, 0) is 4.79 Å². The Kier molecular flexibility index (Phi) is 3.68. The molecule has 0 saturated carbocycles. The van der Waals surface area contributed by atoms with Crippen molar-refractivity contribution in [1.29, 1.82) is 0 Å². The van der Waals surface area contributed by atoms with Gasteiger partial charge in [-0.1, -0.05) is 79.0 Å². The number of carboxylic acids is 1. The van der Waals surface area contributed by atoms with Crippen molar-refractivity contribution in [3.8, 4) is 0 Å². The highest BCUT2D eigenvalue weighted by molar-refractivity contribution is 5.76. The molecular formula is C20H18O2. The second-order valence-electron chi connectivity index (χ2n) is 5.61. The van der Waals surface area contributed by atoms with E-state index in [9.17, 15) is 9.90 Å². The normalized spacial score (nSPS) is 32.0. The average Bonchev–Trinajstić information content (AvgIpc) is 2.79. The van der Waals surface area contributed by atoms with Gasteiger partial charge in [0, 0.05) is 11.3 Å². The molecule has 0 aromatic heterocycles. The first-order chi connectivity index (χ1) is 10.7. The molecule has 3 aliphatic carbocycles. The molecule has 0 heterocycles. The third-order valence-electron chi connectivity index (χ3n) is 4.52. The maximum absolute atomic E-state index is 11.8. The summed E-state index contributed by atoms with van der Waals surface area (Å²) < 4.78 is 0. The van der Waals surface area contributed by atoms with E-state index in [0.29, 0.717) is 0 Å². The van der Waals surface area contributed by atoms with Crippen LogP contribution in [-0.4, -0.2) is 11.1 Å². The molecule has 0 aromatic carbocycles. The van der Waals surface area contributed by atoms with Gasteiger partial charge in [0.15, 0.2) is 0 Å². The van der Waals surface area contributed by atoms with Crippen molar-refractivity contribution in [2.24, 2.45) is 17.3 Å². The van der Waals surface area contributed by atoms with Crippen LogP contribution in [0.2, 0.25) is 0 Å². The summed E-state index contributed by atoms with van der Waals surface area (Å²) in [5.41, 5.74) is 1.58. The first-order valence-electron chi connectivity index (χ1n) is 7.35. The summed E-state index contributed by atoms with van der Waals surface area (Å²) in [7, 11) is 0. The summed E-state index contributed by atoms with van der Waals surface area (Å²) in [5, 5.41) is 9.67. The molecule has 3 rings (SSSR count). The zero-order valence-electron chi connectivity index (χ0n) is 12.2. The van der Waals surface area contributed by atoms with Gasteiger partial charge in [0.2, 0.25) is 0 Å². The van der Waals surface area contributed by atoms with Crippen molar-refractivity contribution < 1.29 is 9.90 Å². The number of hydrogen-bond acceptors (Lipinski definition) is 1. The van der Waals surface area contributed by atoms with Crippen LogP contribution in [0.15, 0.2) is 96.7 Å². The van der Waals surface area contributed by atoms with Gasteiger partial charge in [-0.05, 0) is 11.1 Å². The van der Waals surface area contributed by atoms with Crippen LogP contribution in [0.25, 0.3) is 0 Å². The molecule has 0 spiro atoms. The lowest BCUT2D eigenvalue weighted by molar-refractivity contribution is -0.142. The first-order valence-corrected chi connectivity index (χ1v) is 7.35. The minimum atomic E-state index is -0.828. The maximum atomic E-state index is 11.8. The van der Waals surface area contributed by atoms with E-state index in [1.54, 1.807) is 18.2 Å². The Morgan fingerprint density at radius 3 is 2.73 bits per heavy atom. The summed E-state index contributed by atoms with van der Waals surface area (Å²) in [6.45, 7) is 3.96. The van der Waals surface area contributed by atoms with E-state index in [1.807, 2.05) is 36.5 Å². The van der Waals surface area contributed by atoms with Gasteiger partial charge in [0.05, 0.1) is 5.92 Å². The molecule has 2 heteroatoms. The molecule has 22 heavy (non-hydrogen) atoms. The van der Waals surface area contributed by atoms with Crippen LogP contribution in [0.5, 0.6) is 0 Å². The van der Waals surface area contributed by atoms with Gasteiger partial charge >= 0.3 is 5.97 Å². The third kappa shape index (κ3) is 2.17. The maximum Gasteiger partial charge on any atom is 0.311 e. The Balaban J connectivity index is 2.13. The van der Waals surface area contributed by atoms with E-state index in [0.717, 1.165) is 11.1 Å². The number of fused-ring (bicyclic) bond motifs is 1. The Bertz CT molecular complexity index is 710. The average molecular weight is 290 g/mol. The fourth-order valence-corrected chi connectivity index (χ4v) is 3.40. The molecule has 0 saturated heterocycles. The van der Waals surface area contributed by atoms with Crippen LogP contribution >= 0.6 is 0 Å². The van der Waals surface area contributed by atoms with Crippen molar-refractivity contribution in [3.63, 3.8) is 0 Å². The minimum absolute atomic E-state index is 0.0558. The molecule has 0 bridgehead atoms. The topological polar surface area (TPSA) is 37.3 Å². The predicted octanol–water partition coefficient (Wildman–Crippen LogP) is 4.15. The van der Waals surface area contributed by atoms with Gasteiger partial charge in [0.25, 0.3) is 0 Å². The SMILES string of the molecule is C=CC1(C2C=CC=C3C=CC=CC=C32)C=CC=CC1C(=O)O. The van der Waals surface area contributed by atoms with E-state index < -0.39 is 17.3 Å². The number of aliphatic carboxylic acids is 1. The molecule has 0 aliphatic heterocycles. The van der Waals surface area contributed by atoms with Crippen LogP contribution in [0.4, 0.5) is 0 Å². The van der Waals surface area contributed by atoms with Crippen molar-refractivity contribution in [3.05, 3.63) is 96.7 Å². The standard InChI is InChI=1S/C20H18O2/c1-2-20(14-7-6-12-18(20)19(21)22)17-13-8-10-15-9-4-3-5-11-16(15)17/h2-14,17-18H,1H2,(H,21,22). The second-order valence-corrected chi connectivity index (χ2v) is 5.61. The zero-order chi connectivity index (χ0) is 15.6. The van der Waals surface area contributed by atoms with Gasteiger partial charge < -0.3 is 5.11 Å². The van der Waals surface area contributed by atoms with E-state index in [4.69, 9.17) is 0 Å². The third-order valence-corrected chi connectivity index (χ3v) is 4.52. The number of allylic oxidation sites excluding steroid dienone is 14. The lowest BCUT2D eigenvalue weighted by atomic mass is 9.60. The Morgan fingerprint density at radius 1 is 1.09 bits per heavy atom. The fourth-order valence-electron chi connectivity index (χ4n) is 3.40. The fraction of sp³-hybridized carbons (Fsp3) is 0.150. The van der Waals surface area contributed by atoms with Gasteiger partial charge in [-0.15, -0.1) is 6.58 Å². The van der Waals surface area contributed by atoms with Gasteiger partial charge in [0.1, 0.15) is 0 Å². The predicted molar refractivity (Wildman–Crippen MR) is 89.1 cm³/mol. The van der Waals surface area contributed by atoms with Crippen molar-refractivity contribution in [2.75, 3.05) is 0 Å². The molecular weight excluding hydrogens is 272 g/mol. The quantitative estimate of drug-likeness (QED) is 0.793. The number of rotatable bonds is 3. The minimum Gasteiger partial charge on any atom is -0.481 e. The summed E-state index contributed by atoms with van der Waals surface area (Å²) in [5.74, 6) is -1.51. The summed E-state index contributed by atoms with van der Waals surface area (Å²) in [6.07, 6.45) is 25.4. The van der Waals surface area contributed by atoms with E-state index in [-0.39, 0.29) is 5.92 Å². The molecule has 2 nitrogen and oxygen atoms in total. The van der Waals surface area contributed by atoms with E-state index in [1.165, 1.54) is 0 Å². The summed E-state index contributed by atoms with van der Waals surface area (Å²) >= 11 is 0.